The molecule has 0 saturated carbocycles. The second-order valence-corrected chi connectivity index (χ2v) is 16.8. The molecule has 0 radical (unpaired) electrons. The van der Waals surface area contributed by atoms with Gasteiger partial charge in [-0.3, -0.25) is 0 Å². The van der Waals surface area contributed by atoms with Crippen LogP contribution in [0.5, 0.6) is 0 Å². The first-order valence-electron chi connectivity index (χ1n) is 21.6. The molecule has 6 nitrogen and oxygen atoms in total. The van der Waals surface area contributed by atoms with Crippen molar-refractivity contribution in [3.05, 3.63) is 211 Å². The molecule has 3 heterocycles. The van der Waals surface area contributed by atoms with Gasteiger partial charge in [-0.2, -0.15) is 0 Å². The van der Waals surface area contributed by atoms with Gasteiger partial charge in [0, 0.05) is 44.0 Å². The van der Waals surface area contributed by atoms with Gasteiger partial charge < -0.3 is 4.42 Å². The van der Waals surface area contributed by atoms with Crippen LogP contribution in [0.1, 0.15) is 25.0 Å². The van der Waals surface area contributed by atoms with Crippen LogP contribution in [-0.2, 0) is 5.41 Å². The summed E-state index contributed by atoms with van der Waals surface area (Å²) in [5.74, 6) is 2.19. The highest BCUT2D eigenvalue weighted by atomic mass is 16.3. The van der Waals surface area contributed by atoms with E-state index in [9.17, 15) is 0 Å². The lowest BCUT2D eigenvalue weighted by atomic mass is 9.82. The molecule has 0 spiro atoms. The normalized spacial score (nSPS) is 12.7. The van der Waals surface area contributed by atoms with Crippen molar-refractivity contribution in [2.75, 3.05) is 0 Å². The molecule has 302 valence electrons. The van der Waals surface area contributed by atoms with Crippen molar-refractivity contribution in [2.24, 2.45) is 0 Å². The molecule has 3 aromatic heterocycles. The van der Waals surface area contributed by atoms with Crippen LogP contribution >= 0.6 is 0 Å². The first-order valence-corrected chi connectivity index (χ1v) is 21.6. The average Bonchev–Trinajstić information content (AvgIpc) is 3.86. The van der Waals surface area contributed by atoms with Crippen LogP contribution in [0, 0.1) is 0 Å². The predicted octanol–water partition coefficient (Wildman–Crippen LogP) is 14.5. The monoisotopic (exact) mass is 821 g/mol. The molecule has 0 amide bonds. The fourth-order valence-electron chi connectivity index (χ4n) is 9.34. The Labute approximate surface area is 370 Å². The van der Waals surface area contributed by atoms with Crippen molar-refractivity contribution >= 4 is 21.9 Å². The van der Waals surface area contributed by atoms with E-state index < -0.39 is 0 Å². The van der Waals surface area contributed by atoms with Crippen molar-refractivity contribution < 1.29 is 4.42 Å². The molecule has 11 aromatic rings. The number of hydrogen-bond donors (Lipinski definition) is 0. The minimum atomic E-state index is -0.186. The summed E-state index contributed by atoms with van der Waals surface area (Å²) in [7, 11) is 0. The van der Waals surface area contributed by atoms with Gasteiger partial charge in [0.1, 0.15) is 16.9 Å². The zero-order valence-corrected chi connectivity index (χ0v) is 35.2. The summed E-state index contributed by atoms with van der Waals surface area (Å²) in [4.78, 5) is 26.2. The number of furan rings is 1. The van der Waals surface area contributed by atoms with Crippen molar-refractivity contribution in [1.82, 2.24) is 24.9 Å². The molecule has 0 atom stereocenters. The van der Waals surface area contributed by atoms with Gasteiger partial charge in [0.15, 0.2) is 23.3 Å². The summed E-state index contributed by atoms with van der Waals surface area (Å²) >= 11 is 0. The zero-order valence-electron chi connectivity index (χ0n) is 35.2. The van der Waals surface area contributed by atoms with Crippen molar-refractivity contribution in [3.63, 3.8) is 0 Å². The maximum Gasteiger partial charge on any atom is 0.182 e. The van der Waals surface area contributed by atoms with Crippen LogP contribution < -0.4 is 0 Å². The van der Waals surface area contributed by atoms with Crippen LogP contribution in [0.3, 0.4) is 0 Å². The van der Waals surface area contributed by atoms with Crippen molar-refractivity contribution in [1.29, 1.82) is 0 Å². The van der Waals surface area contributed by atoms with Gasteiger partial charge in [-0.15, -0.1) is 0 Å². The molecule has 0 N–H and O–H groups in total. The number of fused-ring (bicyclic) bond motifs is 6. The van der Waals surface area contributed by atoms with Crippen LogP contribution in [0.4, 0.5) is 0 Å². The SMILES string of the molecule is CC1(C)c2ccccc2-c2c(-c3nc(-c4ccc(-c5ccccc5)cc4)nc(-c4cc(-c5ccc(-c6cccc7c6oc6ccccc67)cc5)nc(-c5ccccc5)n4)n3)cccc21. The third-order valence-corrected chi connectivity index (χ3v) is 12.6. The molecule has 6 heteroatoms. The Hall–Kier alpha value is -8.35. The Kier molecular flexibility index (Phi) is 8.73. The van der Waals surface area contributed by atoms with E-state index in [1.165, 1.54) is 16.7 Å². The minimum absolute atomic E-state index is 0.186. The summed E-state index contributed by atoms with van der Waals surface area (Å²) < 4.78 is 6.40. The summed E-state index contributed by atoms with van der Waals surface area (Å²) in [5, 5.41) is 2.21. The van der Waals surface area contributed by atoms with Gasteiger partial charge >= 0.3 is 0 Å². The first kappa shape index (κ1) is 37.4. The molecular weight excluding hydrogens is 783 g/mol. The summed E-state index contributed by atoms with van der Waals surface area (Å²) in [6, 6.07) is 69.1. The smallest absolute Gasteiger partial charge is 0.182 e. The van der Waals surface area contributed by atoms with Gasteiger partial charge in [-0.25, -0.2) is 24.9 Å². The Bertz CT molecular complexity index is 3560. The Morgan fingerprint density at radius 1 is 0.344 bits per heavy atom. The molecular formula is C58H39N5O. The van der Waals surface area contributed by atoms with Gasteiger partial charge in [0.2, 0.25) is 0 Å². The Balaban J connectivity index is 1.02. The van der Waals surface area contributed by atoms with Gasteiger partial charge in [-0.1, -0.05) is 202 Å². The van der Waals surface area contributed by atoms with Crippen molar-refractivity contribution in [2.45, 2.75) is 19.3 Å². The fraction of sp³-hybridized carbons (Fsp3) is 0.0517. The molecule has 0 bridgehead atoms. The van der Waals surface area contributed by atoms with Crippen LogP contribution in [0.25, 0.3) is 112 Å². The predicted molar refractivity (Wildman–Crippen MR) is 258 cm³/mol. The van der Waals surface area contributed by atoms with Gasteiger partial charge in [0.05, 0.1) is 5.69 Å². The maximum atomic E-state index is 6.40. The third-order valence-electron chi connectivity index (χ3n) is 12.6. The number of para-hydroxylation sites is 2. The van der Waals surface area contributed by atoms with Gasteiger partial charge in [0.25, 0.3) is 0 Å². The highest BCUT2D eigenvalue weighted by Gasteiger charge is 2.37. The molecule has 1 aliphatic rings. The topological polar surface area (TPSA) is 77.6 Å². The number of aromatic nitrogens is 5. The van der Waals surface area contributed by atoms with E-state index >= 15 is 0 Å². The number of nitrogens with zero attached hydrogens (tertiary/aromatic N) is 5. The summed E-state index contributed by atoms with van der Waals surface area (Å²) in [5.41, 5.74) is 15.8. The zero-order chi connectivity index (χ0) is 42.8. The average molecular weight is 822 g/mol. The molecule has 0 unspecified atom stereocenters. The summed E-state index contributed by atoms with van der Waals surface area (Å²) in [6.07, 6.45) is 0. The number of rotatable bonds is 7. The van der Waals surface area contributed by atoms with Crippen molar-refractivity contribution in [3.8, 4) is 90.3 Å². The second-order valence-electron chi connectivity index (χ2n) is 16.8. The van der Waals surface area contributed by atoms with E-state index in [1.807, 2.05) is 60.7 Å². The lowest BCUT2D eigenvalue weighted by Gasteiger charge is -2.21. The van der Waals surface area contributed by atoms with E-state index in [4.69, 9.17) is 29.3 Å². The van der Waals surface area contributed by atoms with Crippen LogP contribution in [0.2, 0.25) is 0 Å². The molecule has 0 fully saturated rings. The molecule has 8 aromatic carbocycles. The second kappa shape index (κ2) is 14.9. The van der Waals surface area contributed by atoms with E-state index in [0.717, 1.165) is 77.7 Å². The quantitative estimate of drug-likeness (QED) is 0.159. The lowest BCUT2D eigenvalue weighted by Crippen LogP contribution is -2.14. The minimum Gasteiger partial charge on any atom is -0.455 e. The summed E-state index contributed by atoms with van der Waals surface area (Å²) in [6.45, 7) is 4.58. The molecule has 0 saturated heterocycles. The lowest BCUT2D eigenvalue weighted by molar-refractivity contribution is 0.660. The van der Waals surface area contributed by atoms with Crippen LogP contribution in [0.15, 0.2) is 205 Å². The van der Waals surface area contributed by atoms with E-state index in [2.05, 4.69) is 153 Å². The number of hydrogen-bond acceptors (Lipinski definition) is 6. The molecule has 64 heavy (non-hydrogen) atoms. The highest BCUT2D eigenvalue weighted by Crippen LogP contribution is 2.51. The van der Waals surface area contributed by atoms with Gasteiger partial charge in [-0.05, 0) is 51.1 Å². The third kappa shape index (κ3) is 6.30. The maximum absolute atomic E-state index is 6.40. The molecule has 0 aliphatic heterocycles. The standard InChI is InChI=1S/C58H39N5O/c1-58(2)47-24-11-9-20-45(47)52-46(23-14-25-48(52)58)56-61-55(41-33-27-37(28-34-41)36-15-5-3-6-16-36)62-57(63-56)50-35-49(59-54(60-50)40-17-7-4-8-18-40)39-31-29-38(30-32-39)42-21-13-22-44-43-19-10-12-26-51(43)64-53(42)44/h3-35H,1-2H3. The largest absolute Gasteiger partial charge is 0.455 e. The van der Waals surface area contributed by atoms with E-state index in [-0.39, 0.29) is 5.41 Å². The first-order chi connectivity index (χ1) is 31.5. The Morgan fingerprint density at radius 2 is 0.859 bits per heavy atom. The van der Waals surface area contributed by atoms with E-state index in [1.54, 1.807) is 0 Å². The fourth-order valence-corrected chi connectivity index (χ4v) is 9.34. The highest BCUT2D eigenvalue weighted by molar-refractivity contribution is 6.09. The number of benzene rings is 8. The Morgan fingerprint density at radius 3 is 1.67 bits per heavy atom. The molecule has 12 rings (SSSR count). The van der Waals surface area contributed by atoms with Crippen LogP contribution in [-0.4, -0.2) is 24.9 Å². The van der Waals surface area contributed by atoms with E-state index in [0.29, 0.717) is 29.0 Å². The molecule has 1 aliphatic carbocycles.